The van der Waals surface area contributed by atoms with Crippen LogP contribution in [0.4, 0.5) is 17.6 Å². The average Bonchev–Trinajstić information content (AvgIpc) is 2.98. The highest BCUT2D eigenvalue weighted by Gasteiger charge is 2.24. The van der Waals surface area contributed by atoms with Crippen molar-refractivity contribution < 1.29 is 0 Å². The summed E-state index contributed by atoms with van der Waals surface area (Å²) in [7, 11) is 0. The second-order valence-electron chi connectivity index (χ2n) is 5.90. The predicted octanol–water partition coefficient (Wildman–Crippen LogP) is 1.83. The summed E-state index contributed by atoms with van der Waals surface area (Å²) in [6.07, 6.45) is 4.09. The van der Waals surface area contributed by atoms with Gasteiger partial charge < -0.3 is 16.4 Å². The summed E-state index contributed by atoms with van der Waals surface area (Å²) in [5.74, 6) is 1.40. The van der Waals surface area contributed by atoms with Gasteiger partial charge in [-0.05, 0) is 18.9 Å². The standard InChI is InChI=1S/C16H19N7/c17-14-8-15(21-16(18)20-14)22-7-3-5-12(10-22)23-13-6-2-1-4-11(13)9-19-23/h1-2,4,6,8-9,12H,3,5,7,10H2,(H4,17,18,20,21). The molecule has 1 aliphatic rings. The Morgan fingerprint density at radius 3 is 2.87 bits per heavy atom. The molecule has 3 heterocycles. The molecule has 3 aromatic rings. The maximum Gasteiger partial charge on any atom is 0.223 e. The Labute approximate surface area is 133 Å². The number of anilines is 3. The molecular weight excluding hydrogens is 290 g/mol. The zero-order valence-corrected chi connectivity index (χ0v) is 12.8. The lowest BCUT2D eigenvalue weighted by Gasteiger charge is -2.34. The largest absolute Gasteiger partial charge is 0.383 e. The summed E-state index contributed by atoms with van der Waals surface area (Å²) in [5.41, 5.74) is 12.7. The molecule has 0 aliphatic carbocycles. The van der Waals surface area contributed by atoms with E-state index in [4.69, 9.17) is 11.5 Å². The third-order valence-corrected chi connectivity index (χ3v) is 4.32. The topological polar surface area (TPSA) is 98.9 Å². The van der Waals surface area contributed by atoms with Gasteiger partial charge in [0.15, 0.2) is 0 Å². The summed E-state index contributed by atoms with van der Waals surface area (Å²) < 4.78 is 2.12. The number of hydrogen-bond acceptors (Lipinski definition) is 6. The molecule has 0 spiro atoms. The van der Waals surface area contributed by atoms with Gasteiger partial charge >= 0.3 is 0 Å². The molecule has 0 bridgehead atoms. The maximum atomic E-state index is 5.79. The van der Waals surface area contributed by atoms with E-state index in [1.165, 1.54) is 10.9 Å². The lowest BCUT2D eigenvalue weighted by atomic mass is 10.1. The van der Waals surface area contributed by atoms with Crippen LogP contribution in [0.5, 0.6) is 0 Å². The number of fused-ring (bicyclic) bond motifs is 1. The van der Waals surface area contributed by atoms with Crippen LogP contribution in [0.3, 0.4) is 0 Å². The van der Waals surface area contributed by atoms with Crippen LogP contribution in [0.15, 0.2) is 36.5 Å². The minimum absolute atomic E-state index is 0.215. The third kappa shape index (κ3) is 2.54. The molecule has 0 amide bonds. The summed E-state index contributed by atoms with van der Waals surface area (Å²) in [6, 6.07) is 10.4. The second-order valence-corrected chi connectivity index (χ2v) is 5.90. The number of rotatable bonds is 2. The first kappa shape index (κ1) is 13.8. The van der Waals surface area contributed by atoms with Crippen LogP contribution in [0, 0.1) is 0 Å². The van der Waals surface area contributed by atoms with E-state index in [1.807, 2.05) is 18.3 Å². The van der Waals surface area contributed by atoms with Gasteiger partial charge in [-0.2, -0.15) is 15.1 Å². The lowest BCUT2D eigenvalue weighted by Crippen LogP contribution is -2.37. The van der Waals surface area contributed by atoms with E-state index in [1.54, 1.807) is 6.07 Å². The van der Waals surface area contributed by atoms with Gasteiger partial charge in [0.25, 0.3) is 0 Å². The van der Waals surface area contributed by atoms with Crippen molar-refractivity contribution in [2.75, 3.05) is 29.5 Å². The number of benzene rings is 1. The van der Waals surface area contributed by atoms with Gasteiger partial charge in [0.05, 0.1) is 17.8 Å². The summed E-state index contributed by atoms with van der Waals surface area (Å²) >= 11 is 0. The monoisotopic (exact) mass is 309 g/mol. The van der Waals surface area contributed by atoms with Crippen molar-refractivity contribution in [2.24, 2.45) is 0 Å². The van der Waals surface area contributed by atoms with Gasteiger partial charge in [-0.3, -0.25) is 4.68 Å². The van der Waals surface area contributed by atoms with E-state index in [0.717, 1.165) is 31.7 Å². The third-order valence-electron chi connectivity index (χ3n) is 4.32. The molecule has 1 aromatic carbocycles. The van der Waals surface area contributed by atoms with E-state index in [-0.39, 0.29) is 5.95 Å². The molecule has 1 fully saturated rings. The molecule has 1 aliphatic heterocycles. The first-order valence-electron chi connectivity index (χ1n) is 7.78. The molecule has 4 N–H and O–H groups in total. The van der Waals surface area contributed by atoms with E-state index >= 15 is 0 Å². The molecular formula is C16H19N7. The highest BCUT2D eigenvalue weighted by Crippen LogP contribution is 2.28. The molecule has 0 saturated carbocycles. The molecule has 1 unspecified atom stereocenters. The Bertz CT molecular complexity index is 821. The Kier molecular flexibility index (Phi) is 3.25. The van der Waals surface area contributed by atoms with Crippen LogP contribution in [-0.4, -0.2) is 32.8 Å². The Morgan fingerprint density at radius 1 is 1.13 bits per heavy atom. The quantitative estimate of drug-likeness (QED) is 0.749. The molecule has 118 valence electrons. The van der Waals surface area contributed by atoms with E-state index < -0.39 is 0 Å². The highest BCUT2D eigenvalue weighted by atomic mass is 15.3. The summed E-state index contributed by atoms with van der Waals surface area (Å²) in [4.78, 5) is 10.5. The Balaban J connectivity index is 1.64. The molecule has 1 saturated heterocycles. The van der Waals surface area contributed by atoms with Crippen LogP contribution in [0.25, 0.3) is 10.9 Å². The molecule has 0 radical (unpaired) electrons. The molecule has 2 aromatic heterocycles. The van der Waals surface area contributed by atoms with Gasteiger partial charge in [-0.1, -0.05) is 18.2 Å². The lowest BCUT2D eigenvalue weighted by molar-refractivity contribution is 0.384. The highest BCUT2D eigenvalue weighted by molar-refractivity contribution is 5.78. The van der Waals surface area contributed by atoms with Crippen molar-refractivity contribution >= 4 is 28.5 Å². The molecule has 23 heavy (non-hydrogen) atoms. The van der Waals surface area contributed by atoms with Crippen molar-refractivity contribution in [1.82, 2.24) is 19.7 Å². The second kappa shape index (κ2) is 5.42. The molecule has 1 atom stereocenters. The van der Waals surface area contributed by atoms with Crippen LogP contribution >= 0.6 is 0 Å². The number of piperidine rings is 1. The molecule has 7 nitrogen and oxygen atoms in total. The average molecular weight is 309 g/mol. The maximum absolute atomic E-state index is 5.79. The summed E-state index contributed by atoms with van der Waals surface area (Å²) in [6.45, 7) is 1.77. The van der Waals surface area contributed by atoms with Gasteiger partial charge in [0.1, 0.15) is 11.6 Å². The van der Waals surface area contributed by atoms with Crippen molar-refractivity contribution in [3.63, 3.8) is 0 Å². The fourth-order valence-corrected chi connectivity index (χ4v) is 3.28. The Hall–Kier alpha value is -2.83. The normalized spacial score (nSPS) is 18.4. The van der Waals surface area contributed by atoms with Gasteiger partial charge in [0.2, 0.25) is 5.95 Å². The fraction of sp³-hybridized carbons (Fsp3) is 0.312. The van der Waals surface area contributed by atoms with E-state index in [9.17, 15) is 0 Å². The number of para-hydroxylation sites is 1. The number of nitrogens with two attached hydrogens (primary N) is 2. The number of nitrogen functional groups attached to an aromatic ring is 2. The zero-order chi connectivity index (χ0) is 15.8. The van der Waals surface area contributed by atoms with Gasteiger partial charge in [-0.15, -0.1) is 0 Å². The first-order chi connectivity index (χ1) is 11.2. The fourth-order valence-electron chi connectivity index (χ4n) is 3.28. The van der Waals surface area contributed by atoms with Crippen LogP contribution in [0.1, 0.15) is 18.9 Å². The van der Waals surface area contributed by atoms with Crippen molar-refractivity contribution in [2.45, 2.75) is 18.9 Å². The van der Waals surface area contributed by atoms with Crippen molar-refractivity contribution in [3.05, 3.63) is 36.5 Å². The van der Waals surface area contributed by atoms with Crippen LogP contribution < -0.4 is 16.4 Å². The molecule has 4 rings (SSSR count). The van der Waals surface area contributed by atoms with Gasteiger partial charge in [-0.25, -0.2) is 0 Å². The smallest absolute Gasteiger partial charge is 0.223 e. The van der Waals surface area contributed by atoms with Gasteiger partial charge in [0, 0.05) is 24.5 Å². The summed E-state index contributed by atoms with van der Waals surface area (Å²) in [5, 5.41) is 5.76. The SMILES string of the molecule is Nc1cc(N2CCCC(n3ncc4ccccc43)C2)nc(N)n1. The van der Waals surface area contributed by atoms with E-state index in [2.05, 4.69) is 36.8 Å². The predicted molar refractivity (Wildman–Crippen MR) is 91.1 cm³/mol. The van der Waals surface area contributed by atoms with Crippen molar-refractivity contribution in [1.29, 1.82) is 0 Å². The Morgan fingerprint density at radius 2 is 2.00 bits per heavy atom. The van der Waals surface area contributed by atoms with Crippen molar-refractivity contribution in [3.8, 4) is 0 Å². The first-order valence-corrected chi connectivity index (χ1v) is 7.78. The van der Waals surface area contributed by atoms with E-state index in [0.29, 0.717) is 11.9 Å². The number of nitrogens with zero attached hydrogens (tertiary/aromatic N) is 5. The minimum Gasteiger partial charge on any atom is -0.383 e. The van der Waals surface area contributed by atoms with Crippen LogP contribution in [0.2, 0.25) is 0 Å². The number of aromatic nitrogens is 4. The number of hydrogen-bond donors (Lipinski definition) is 2. The van der Waals surface area contributed by atoms with Crippen LogP contribution in [-0.2, 0) is 0 Å². The minimum atomic E-state index is 0.215. The molecule has 7 heteroatoms. The zero-order valence-electron chi connectivity index (χ0n) is 12.8.